The van der Waals surface area contributed by atoms with Crippen LogP contribution in [0.25, 0.3) is 0 Å². The van der Waals surface area contributed by atoms with Crippen LogP contribution < -0.4 is 10.6 Å². The van der Waals surface area contributed by atoms with Gasteiger partial charge in [-0.3, -0.25) is 9.59 Å². The third-order valence-electron chi connectivity index (χ3n) is 4.72. The molecule has 0 spiro atoms. The topological polar surface area (TPSA) is 116 Å². The number of carbonyl (C=O) groups is 2. The van der Waals surface area contributed by atoms with E-state index >= 15 is 0 Å². The molecule has 2 aromatic carbocycles. The minimum atomic E-state index is -3.76. The van der Waals surface area contributed by atoms with Gasteiger partial charge in [0.1, 0.15) is 5.75 Å². The number of nitrogens with zero attached hydrogens (tertiary/aromatic N) is 1. The van der Waals surface area contributed by atoms with Crippen LogP contribution in [0.3, 0.4) is 0 Å². The van der Waals surface area contributed by atoms with Crippen molar-refractivity contribution in [1.29, 1.82) is 0 Å². The summed E-state index contributed by atoms with van der Waals surface area (Å²) in [5.74, 6) is -1.14. The summed E-state index contributed by atoms with van der Waals surface area (Å²) in [5, 5.41) is 15.1. The molecule has 1 heterocycles. The van der Waals surface area contributed by atoms with E-state index in [1.807, 2.05) is 0 Å². The summed E-state index contributed by atoms with van der Waals surface area (Å²) in [6, 6.07) is 8.81. The molecule has 0 saturated carbocycles. The average molecular weight is 484 g/mol. The minimum absolute atomic E-state index is 0.0355. The first-order valence-corrected chi connectivity index (χ1v) is 12.3. The number of amides is 2. The molecule has 3 N–H and O–H groups in total. The summed E-state index contributed by atoms with van der Waals surface area (Å²) in [6.07, 6.45) is -0.162. The second kappa shape index (κ2) is 9.47. The van der Waals surface area contributed by atoms with Crippen molar-refractivity contribution in [2.45, 2.75) is 35.3 Å². The molecule has 1 aliphatic heterocycles. The number of phenolic OH excluding ortho intramolecular Hbond substituents is 1. The maximum Gasteiger partial charge on any atom is 0.243 e. The quantitative estimate of drug-likeness (QED) is 0.519. The van der Waals surface area contributed by atoms with Crippen LogP contribution in [0.5, 0.6) is 5.75 Å². The third-order valence-corrected chi connectivity index (χ3v) is 8.27. The number of nitrogens with one attached hydrogen (secondary N) is 2. The van der Waals surface area contributed by atoms with Gasteiger partial charge in [-0.1, -0.05) is 25.4 Å². The molecule has 0 aromatic heterocycles. The fourth-order valence-corrected chi connectivity index (χ4v) is 5.86. The van der Waals surface area contributed by atoms with Crippen LogP contribution in [0.2, 0.25) is 5.02 Å². The molecule has 0 radical (unpaired) electrons. The Hall–Kier alpha value is -2.27. The zero-order chi connectivity index (χ0) is 22.8. The lowest BCUT2D eigenvalue weighted by Crippen LogP contribution is -2.32. The lowest BCUT2D eigenvalue weighted by Gasteiger charge is -2.24. The Morgan fingerprint density at radius 2 is 1.94 bits per heavy atom. The Morgan fingerprint density at radius 3 is 2.61 bits per heavy atom. The van der Waals surface area contributed by atoms with Gasteiger partial charge in [0.25, 0.3) is 0 Å². The van der Waals surface area contributed by atoms with E-state index in [0.29, 0.717) is 23.8 Å². The van der Waals surface area contributed by atoms with E-state index < -0.39 is 21.2 Å². The molecule has 0 bridgehead atoms. The van der Waals surface area contributed by atoms with Crippen molar-refractivity contribution in [1.82, 2.24) is 4.31 Å². The molecule has 0 aliphatic carbocycles. The fraction of sp³-hybridized carbons (Fsp3) is 0.300. The number of benzene rings is 2. The van der Waals surface area contributed by atoms with Crippen molar-refractivity contribution in [3.63, 3.8) is 0 Å². The standard InChI is InChI=1S/C20H22ClN3O5S2/c1-3-24(4-2)31(28,29)13-6-7-16(25)14(10-13)22-19(26)11-18-20(27)23-15-9-12(21)5-8-17(15)30-18/h5-10,18,25H,3-4,11H2,1-2H3,(H,22,26)(H,23,27)/t18-/m1/s1. The number of thioether (sulfide) groups is 1. The molecular formula is C20H22ClN3O5S2. The Morgan fingerprint density at radius 1 is 1.23 bits per heavy atom. The highest BCUT2D eigenvalue weighted by atomic mass is 35.5. The average Bonchev–Trinajstić information content (AvgIpc) is 2.71. The molecule has 11 heteroatoms. The molecule has 0 fully saturated rings. The molecular weight excluding hydrogens is 462 g/mol. The number of aromatic hydroxyl groups is 1. The van der Waals surface area contributed by atoms with Crippen molar-refractivity contribution in [2.24, 2.45) is 0 Å². The Bertz CT molecular complexity index is 1120. The first kappa shape index (κ1) is 23.4. The molecule has 0 saturated heterocycles. The largest absolute Gasteiger partial charge is 0.506 e. The number of hydrogen-bond acceptors (Lipinski definition) is 6. The van der Waals surface area contributed by atoms with Crippen molar-refractivity contribution < 1.29 is 23.1 Å². The lowest BCUT2D eigenvalue weighted by atomic mass is 10.2. The van der Waals surface area contributed by atoms with Crippen LogP contribution in [0.1, 0.15) is 20.3 Å². The molecule has 2 amide bonds. The van der Waals surface area contributed by atoms with Gasteiger partial charge in [0.05, 0.1) is 21.5 Å². The Balaban J connectivity index is 1.75. The van der Waals surface area contributed by atoms with E-state index in [1.54, 1.807) is 32.0 Å². The monoisotopic (exact) mass is 483 g/mol. The second-order valence-electron chi connectivity index (χ2n) is 6.76. The number of rotatable bonds is 7. The predicted octanol–water partition coefficient (Wildman–Crippen LogP) is 3.52. The molecule has 2 aromatic rings. The van der Waals surface area contributed by atoms with Gasteiger partial charge in [0, 0.05) is 29.4 Å². The predicted molar refractivity (Wildman–Crippen MR) is 121 cm³/mol. The van der Waals surface area contributed by atoms with Gasteiger partial charge in [-0.2, -0.15) is 4.31 Å². The molecule has 8 nitrogen and oxygen atoms in total. The maximum atomic E-state index is 12.7. The summed E-state index contributed by atoms with van der Waals surface area (Å²) >= 11 is 7.18. The van der Waals surface area contributed by atoms with E-state index in [4.69, 9.17) is 11.6 Å². The van der Waals surface area contributed by atoms with Crippen LogP contribution in [0, 0.1) is 0 Å². The summed E-state index contributed by atoms with van der Waals surface area (Å²) in [6.45, 7) is 4.04. The molecule has 1 atom stereocenters. The van der Waals surface area contributed by atoms with Gasteiger partial charge >= 0.3 is 0 Å². The molecule has 1 aliphatic rings. The first-order chi connectivity index (χ1) is 14.6. The maximum absolute atomic E-state index is 12.7. The Kier molecular flexibility index (Phi) is 7.15. The molecule has 31 heavy (non-hydrogen) atoms. The minimum Gasteiger partial charge on any atom is -0.506 e. The van der Waals surface area contributed by atoms with Gasteiger partial charge in [0.2, 0.25) is 21.8 Å². The highest BCUT2D eigenvalue weighted by Crippen LogP contribution is 2.38. The number of halogens is 1. The van der Waals surface area contributed by atoms with Crippen LogP contribution in [-0.2, 0) is 19.6 Å². The van der Waals surface area contributed by atoms with Crippen molar-refractivity contribution in [3.05, 3.63) is 41.4 Å². The molecule has 166 valence electrons. The summed E-state index contributed by atoms with van der Waals surface area (Å²) in [7, 11) is -3.76. The number of anilines is 2. The number of sulfonamides is 1. The first-order valence-electron chi connectivity index (χ1n) is 9.55. The third kappa shape index (κ3) is 5.15. The summed E-state index contributed by atoms with van der Waals surface area (Å²) in [4.78, 5) is 25.7. The van der Waals surface area contributed by atoms with Crippen LogP contribution in [0.4, 0.5) is 11.4 Å². The van der Waals surface area contributed by atoms with Gasteiger partial charge in [-0.05, 0) is 36.4 Å². The van der Waals surface area contributed by atoms with Gasteiger partial charge < -0.3 is 15.7 Å². The van der Waals surface area contributed by atoms with Gasteiger partial charge in [0.15, 0.2) is 0 Å². The number of hydrogen-bond donors (Lipinski definition) is 3. The highest BCUT2D eigenvalue weighted by molar-refractivity contribution is 8.01. The van der Waals surface area contributed by atoms with Crippen LogP contribution in [0.15, 0.2) is 46.2 Å². The molecule has 0 unspecified atom stereocenters. The Labute approximate surface area is 190 Å². The number of fused-ring (bicyclic) bond motifs is 1. The lowest BCUT2D eigenvalue weighted by molar-refractivity contribution is -0.120. The summed E-state index contributed by atoms with van der Waals surface area (Å²) in [5.41, 5.74) is 0.553. The number of phenols is 1. The van der Waals surface area contributed by atoms with E-state index in [9.17, 15) is 23.1 Å². The number of carbonyl (C=O) groups excluding carboxylic acids is 2. The highest BCUT2D eigenvalue weighted by Gasteiger charge is 2.30. The zero-order valence-corrected chi connectivity index (χ0v) is 19.3. The van der Waals surface area contributed by atoms with Crippen molar-refractivity contribution in [3.8, 4) is 5.75 Å². The van der Waals surface area contributed by atoms with Crippen LogP contribution >= 0.6 is 23.4 Å². The zero-order valence-electron chi connectivity index (χ0n) is 16.9. The normalized spacial score (nSPS) is 16.0. The fourth-order valence-electron chi connectivity index (χ4n) is 3.11. The van der Waals surface area contributed by atoms with Crippen molar-refractivity contribution >= 4 is 56.6 Å². The smallest absolute Gasteiger partial charge is 0.243 e. The van der Waals surface area contributed by atoms with E-state index in [1.165, 1.54) is 34.3 Å². The second-order valence-corrected chi connectivity index (χ2v) is 10.4. The van der Waals surface area contributed by atoms with E-state index in [2.05, 4.69) is 10.6 Å². The van der Waals surface area contributed by atoms with Crippen LogP contribution in [-0.4, -0.2) is 48.0 Å². The van der Waals surface area contributed by atoms with Gasteiger partial charge in [-0.15, -0.1) is 11.8 Å². The van der Waals surface area contributed by atoms with E-state index in [0.717, 1.165) is 4.90 Å². The summed E-state index contributed by atoms with van der Waals surface area (Å²) < 4.78 is 26.7. The SMILES string of the molecule is CCN(CC)S(=O)(=O)c1ccc(O)c(NC(=O)C[C@H]2Sc3ccc(Cl)cc3NC2=O)c1. The van der Waals surface area contributed by atoms with Crippen molar-refractivity contribution in [2.75, 3.05) is 23.7 Å². The van der Waals surface area contributed by atoms with Gasteiger partial charge in [-0.25, -0.2) is 8.42 Å². The van der Waals surface area contributed by atoms with E-state index in [-0.39, 0.29) is 28.7 Å². The molecule has 3 rings (SSSR count).